The van der Waals surface area contributed by atoms with Crippen molar-refractivity contribution >= 4 is 10.8 Å². The van der Waals surface area contributed by atoms with E-state index in [0.29, 0.717) is 0 Å². The largest absolute Gasteiger partial charge is 0.418 e. The lowest BCUT2D eigenvalue weighted by molar-refractivity contribution is -0.161. The van der Waals surface area contributed by atoms with E-state index in [-0.39, 0.29) is 12.1 Å². The predicted molar refractivity (Wildman–Crippen MR) is 73.1 cm³/mol. The first kappa shape index (κ1) is 20.8. The molecular weight excluding hydrogens is 405 g/mol. The van der Waals surface area contributed by atoms with Gasteiger partial charge in [0.2, 0.25) is 0 Å². The maximum absolute atomic E-state index is 13.5. The van der Waals surface area contributed by atoms with Crippen LogP contribution < -0.4 is 0 Å². The summed E-state index contributed by atoms with van der Waals surface area (Å²) in [6, 6.07) is 3.31. The number of nitriles is 3. The molecule has 0 aliphatic heterocycles. The molecule has 0 N–H and O–H groups in total. The highest BCUT2D eigenvalue weighted by Crippen LogP contribution is 2.49. The molecule has 144 valence electrons. The Kier molecular flexibility index (Phi) is 4.70. The molecule has 0 aromatic heterocycles. The molecule has 0 saturated carbocycles. The van der Waals surface area contributed by atoms with Crippen LogP contribution in [-0.2, 0) is 18.5 Å². The summed E-state index contributed by atoms with van der Waals surface area (Å²) in [6.07, 6.45) is -17.3. The maximum Gasteiger partial charge on any atom is 0.418 e. The molecule has 0 aliphatic rings. The second-order valence-corrected chi connectivity index (χ2v) is 5.24. The standard InChI is InChI=1S/C16H2F9N3/c17-14(18,19)10-2-1-6-7(3-26)8(4-27)9(5-28)12(15(20,21)22)11(6)13(10)16(23,24)25/h1-2H. The zero-order valence-corrected chi connectivity index (χ0v) is 12.9. The molecule has 2 rings (SSSR count). The van der Waals surface area contributed by atoms with Gasteiger partial charge in [-0.2, -0.15) is 55.3 Å². The third-order valence-electron chi connectivity index (χ3n) is 3.68. The zero-order valence-electron chi connectivity index (χ0n) is 12.9. The summed E-state index contributed by atoms with van der Waals surface area (Å²) in [5.41, 5.74) is -11.4. The topological polar surface area (TPSA) is 71.4 Å². The van der Waals surface area contributed by atoms with Gasteiger partial charge in [0, 0.05) is 10.8 Å². The Balaban J connectivity index is 3.45. The van der Waals surface area contributed by atoms with Gasteiger partial charge in [-0.3, -0.25) is 0 Å². The van der Waals surface area contributed by atoms with E-state index in [2.05, 4.69) is 0 Å². The van der Waals surface area contributed by atoms with Gasteiger partial charge in [-0.25, -0.2) is 0 Å². The summed E-state index contributed by atoms with van der Waals surface area (Å²) in [5, 5.41) is 23.9. The quantitative estimate of drug-likeness (QED) is 0.541. The van der Waals surface area contributed by atoms with Gasteiger partial charge in [-0.1, -0.05) is 6.07 Å². The van der Waals surface area contributed by atoms with E-state index >= 15 is 0 Å². The van der Waals surface area contributed by atoms with E-state index in [0.717, 1.165) is 12.1 Å². The Morgan fingerprint density at radius 1 is 0.571 bits per heavy atom. The van der Waals surface area contributed by atoms with E-state index in [4.69, 9.17) is 15.8 Å². The SMILES string of the molecule is N#Cc1c(C#N)c(C(F)(F)F)c2c(C(F)(F)F)c(C(F)(F)F)ccc2c1C#N. The monoisotopic (exact) mass is 407 g/mol. The third-order valence-corrected chi connectivity index (χ3v) is 3.68. The summed E-state index contributed by atoms with van der Waals surface area (Å²) in [6.45, 7) is 0. The number of halogens is 9. The first-order chi connectivity index (χ1) is 12.7. The smallest absolute Gasteiger partial charge is 0.192 e. The maximum atomic E-state index is 13.5. The minimum atomic E-state index is -5.92. The molecule has 2 aromatic rings. The summed E-state index contributed by atoms with van der Waals surface area (Å²) in [5.74, 6) is 0. The van der Waals surface area contributed by atoms with Crippen molar-refractivity contribution in [2.24, 2.45) is 0 Å². The Labute approximate surface area is 149 Å². The third kappa shape index (κ3) is 3.16. The Morgan fingerprint density at radius 3 is 1.39 bits per heavy atom. The Hall–Kier alpha value is -3.46. The van der Waals surface area contributed by atoms with Gasteiger partial charge in [0.1, 0.15) is 18.2 Å². The van der Waals surface area contributed by atoms with Gasteiger partial charge in [-0.05, 0) is 6.07 Å². The van der Waals surface area contributed by atoms with Crippen LogP contribution in [0.2, 0.25) is 0 Å². The summed E-state index contributed by atoms with van der Waals surface area (Å²) in [4.78, 5) is 0. The number of fused-ring (bicyclic) bond motifs is 1. The fourth-order valence-electron chi connectivity index (χ4n) is 2.73. The van der Waals surface area contributed by atoms with Gasteiger partial charge in [0.25, 0.3) is 0 Å². The first-order valence-electron chi connectivity index (χ1n) is 6.78. The molecule has 0 aliphatic carbocycles. The molecule has 0 heterocycles. The van der Waals surface area contributed by atoms with Gasteiger partial charge < -0.3 is 0 Å². The van der Waals surface area contributed by atoms with Crippen molar-refractivity contribution < 1.29 is 39.5 Å². The van der Waals surface area contributed by atoms with Gasteiger partial charge >= 0.3 is 18.5 Å². The van der Waals surface area contributed by atoms with Crippen LogP contribution in [0.3, 0.4) is 0 Å². The second kappa shape index (κ2) is 6.31. The van der Waals surface area contributed by atoms with Crippen LogP contribution in [0.25, 0.3) is 10.8 Å². The number of hydrogen-bond donors (Lipinski definition) is 0. The van der Waals surface area contributed by atoms with Crippen LogP contribution in [0.15, 0.2) is 12.1 Å². The number of nitrogens with zero attached hydrogens (tertiary/aromatic N) is 3. The van der Waals surface area contributed by atoms with Crippen LogP contribution in [0.4, 0.5) is 39.5 Å². The average molecular weight is 407 g/mol. The van der Waals surface area contributed by atoms with Crippen molar-refractivity contribution in [1.82, 2.24) is 0 Å². The summed E-state index contributed by atoms with van der Waals surface area (Å²) in [7, 11) is 0. The summed E-state index contributed by atoms with van der Waals surface area (Å²) >= 11 is 0. The predicted octanol–water partition coefficient (Wildman–Crippen LogP) is 5.51. The highest BCUT2D eigenvalue weighted by Gasteiger charge is 2.48. The zero-order chi connectivity index (χ0) is 21.7. The molecular formula is C16H2F9N3. The summed E-state index contributed by atoms with van der Waals surface area (Å²) < 4.78 is 120. The molecule has 0 atom stereocenters. The lowest BCUT2D eigenvalue weighted by atomic mass is 9.85. The molecule has 0 fully saturated rings. The molecule has 0 spiro atoms. The van der Waals surface area contributed by atoms with Crippen molar-refractivity contribution in [2.45, 2.75) is 18.5 Å². The van der Waals surface area contributed by atoms with Crippen LogP contribution in [0, 0.1) is 34.0 Å². The lowest BCUT2D eigenvalue weighted by Crippen LogP contribution is -2.20. The molecule has 28 heavy (non-hydrogen) atoms. The fourth-order valence-corrected chi connectivity index (χ4v) is 2.73. The van der Waals surface area contributed by atoms with Crippen molar-refractivity contribution in [3.63, 3.8) is 0 Å². The number of alkyl halides is 9. The van der Waals surface area contributed by atoms with Gasteiger partial charge in [0.05, 0.1) is 33.4 Å². The number of benzene rings is 2. The van der Waals surface area contributed by atoms with E-state index in [9.17, 15) is 39.5 Å². The van der Waals surface area contributed by atoms with Crippen LogP contribution in [0.5, 0.6) is 0 Å². The average Bonchev–Trinajstić information content (AvgIpc) is 2.55. The first-order valence-corrected chi connectivity index (χ1v) is 6.78. The highest BCUT2D eigenvalue weighted by atomic mass is 19.4. The second-order valence-electron chi connectivity index (χ2n) is 5.24. The van der Waals surface area contributed by atoms with E-state index in [1.165, 1.54) is 6.07 Å². The van der Waals surface area contributed by atoms with Crippen LogP contribution >= 0.6 is 0 Å². The van der Waals surface area contributed by atoms with Crippen LogP contribution in [0.1, 0.15) is 33.4 Å². The van der Waals surface area contributed by atoms with Gasteiger partial charge in [0.15, 0.2) is 0 Å². The van der Waals surface area contributed by atoms with Crippen LogP contribution in [-0.4, -0.2) is 0 Å². The van der Waals surface area contributed by atoms with E-state index in [1.807, 2.05) is 0 Å². The Morgan fingerprint density at radius 2 is 1.04 bits per heavy atom. The van der Waals surface area contributed by atoms with Crippen molar-refractivity contribution in [3.05, 3.63) is 45.5 Å². The molecule has 0 bridgehead atoms. The minimum absolute atomic E-state index is 0.126. The molecule has 0 radical (unpaired) electrons. The van der Waals surface area contributed by atoms with E-state index in [1.54, 1.807) is 0 Å². The molecule has 0 amide bonds. The van der Waals surface area contributed by atoms with Gasteiger partial charge in [-0.15, -0.1) is 0 Å². The highest BCUT2D eigenvalue weighted by molar-refractivity contribution is 5.98. The van der Waals surface area contributed by atoms with Crippen molar-refractivity contribution in [1.29, 1.82) is 15.8 Å². The minimum Gasteiger partial charge on any atom is -0.192 e. The van der Waals surface area contributed by atoms with E-state index < -0.39 is 62.7 Å². The fraction of sp³-hybridized carbons (Fsp3) is 0.188. The molecule has 2 aromatic carbocycles. The molecule has 0 saturated heterocycles. The molecule has 12 heteroatoms. The Bertz CT molecular complexity index is 1100. The molecule has 0 unspecified atom stereocenters. The van der Waals surface area contributed by atoms with Crippen molar-refractivity contribution in [3.8, 4) is 18.2 Å². The molecule has 3 nitrogen and oxygen atoms in total. The number of hydrogen-bond acceptors (Lipinski definition) is 3. The lowest BCUT2D eigenvalue weighted by Gasteiger charge is -2.22. The van der Waals surface area contributed by atoms with Crippen molar-refractivity contribution in [2.75, 3.05) is 0 Å². The number of rotatable bonds is 0. The normalized spacial score (nSPS) is 12.4.